The summed E-state index contributed by atoms with van der Waals surface area (Å²) < 4.78 is 4.87. The number of likely N-dealkylation sites (tertiary alicyclic amines) is 2. The molecule has 8 heteroatoms. The molecule has 0 spiro atoms. The first-order valence-corrected chi connectivity index (χ1v) is 10.8. The second-order valence-electron chi connectivity index (χ2n) is 8.13. The predicted molar refractivity (Wildman–Crippen MR) is 105 cm³/mol. The summed E-state index contributed by atoms with van der Waals surface area (Å²) in [6.07, 6.45) is 5.31. The van der Waals surface area contributed by atoms with Crippen molar-refractivity contribution in [3.05, 3.63) is 0 Å². The number of rotatable bonds is 8. The molecule has 0 aromatic carbocycles. The number of nitrogens with one attached hydrogen (secondary N) is 1. The van der Waals surface area contributed by atoms with Gasteiger partial charge in [0.1, 0.15) is 13.2 Å². The molecule has 3 saturated heterocycles. The van der Waals surface area contributed by atoms with E-state index in [2.05, 4.69) is 17.1 Å². The van der Waals surface area contributed by atoms with Gasteiger partial charge < -0.3 is 15.0 Å². The fourth-order valence-corrected chi connectivity index (χ4v) is 4.50. The molecule has 0 radical (unpaired) electrons. The van der Waals surface area contributed by atoms with E-state index in [4.69, 9.17) is 4.74 Å². The summed E-state index contributed by atoms with van der Waals surface area (Å²) in [7, 11) is 0. The number of hydrogen-bond donors (Lipinski definition) is 1. The van der Waals surface area contributed by atoms with Crippen LogP contribution in [-0.4, -0.2) is 91.1 Å². The van der Waals surface area contributed by atoms with Crippen molar-refractivity contribution >= 4 is 17.9 Å². The van der Waals surface area contributed by atoms with Gasteiger partial charge in [0.15, 0.2) is 0 Å². The summed E-state index contributed by atoms with van der Waals surface area (Å²) in [6, 6.07) is 0.496. The highest BCUT2D eigenvalue weighted by atomic mass is 16.6. The Bertz CT molecular complexity index is 562. The van der Waals surface area contributed by atoms with Crippen LogP contribution in [0.5, 0.6) is 0 Å². The van der Waals surface area contributed by atoms with Crippen molar-refractivity contribution in [2.24, 2.45) is 5.92 Å². The second kappa shape index (κ2) is 10.1. The summed E-state index contributed by atoms with van der Waals surface area (Å²) in [6.45, 7) is 7.53. The molecule has 3 aliphatic heterocycles. The molecular weight excluding hydrogens is 360 g/mol. The number of carbonyl (C=O) groups excluding carboxylic acids is 3. The van der Waals surface area contributed by atoms with E-state index in [1.54, 1.807) is 0 Å². The van der Waals surface area contributed by atoms with Crippen molar-refractivity contribution in [1.29, 1.82) is 0 Å². The number of likely N-dealkylation sites (N-methyl/N-ethyl adjacent to an activating group) is 1. The molecule has 3 heterocycles. The van der Waals surface area contributed by atoms with Crippen molar-refractivity contribution in [1.82, 2.24) is 20.0 Å². The van der Waals surface area contributed by atoms with Crippen LogP contribution in [-0.2, 0) is 14.3 Å². The predicted octanol–water partition coefficient (Wildman–Crippen LogP) is 1.06. The Balaban J connectivity index is 1.29. The van der Waals surface area contributed by atoms with Crippen LogP contribution in [0.3, 0.4) is 0 Å². The number of carbonyl (C=O) groups is 3. The normalized spacial score (nSPS) is 23.9. The van der Waals surface area contributed by atoms with Crippen LogP contribution in [0.4, 0.5) is 4.79 Å². The molecule has 3 aliphatic rings. The Morgan fingerprint density at radius 2 is 1.93 bits per heavy atom. The van der Waals surface area contributed by atoms with Gasteiger partial charge in [-0.05, 0) is 51.1 Å². The van der Waals surface area contributed by atoms with Crippen LogP contribution in [0.25, 0.3) is 0 Å². The number of nitrogens with zero attached hydrogens (tertiary/aromatic N) is 3. The lowest BCUT2D eigenvalue weighted by atomic mass is 9.92. The monoisotopic (exact) mass is 394 g/mol. The number of cyclic esters (lactones) is 1. The maximum absolute atomic E-state index is 12.3. The molecule has 158 valence electrons. The molecule has 3 fully saturated rings. The molecule has 0 unspecified atom stereocenters. The molecule has 3 amide bonds. The fourth-order valence-electron chi connectivity index (χ4n) is 4.50. The van der Waals surface area contributed by atoms with Crippen LogP contribution < -0.4 is 5.32 Å². The summed E-state index contributed by atoms with van der Waals surface area (Å²) in [4.78, 5) is 41.7. The van der Waals surface area contributed by atoms with Crippen molar-refractivity contribution in [2.75, 3.05) is 52.4 Å². The zero-order valence-electron chi connectivity index (χ0n) is 17.0. The second-order valence-corrected chi connectivity index (χ2v) is 8.13. The van der Waals surface area contributed by atoms with E-state index in [1.165, 1.54) is 17.7 Å². The van der Waals surface area contributed by atoms with E-state index in [1.807, 2.05) is 4.90 Å². The molecule has 0 bridgehead atoms. The number of piperidine rings is 1. The van der Waals surface area contributed by atoms with Crippen LogP contribution in [0.2, 0.25) is 0 Å². The van der Waals surface area contributed by atoms with E-state index in [9.17, 15) is 14.4 Å². The zero-order valence-corrected chi connectivity index (χ0v) is 17.0. The molecule has 0 aromatic rings. The minimum atomic E-state index is -0.395. The molecule has 1 atom stereocenters. The summed E-state index contributed by atoms with van der Waals surface area (Å²) in [5.41, 5.74) is 0. The van der Waals surface area contributed by atoms with Gasteiger partial charge in [-0.15, -0.1) is 0 Å². The Labute approximate surface area is 167 Å². The number of amides is 3. The van der Waals surface area contributed by atoms with Gasteiger partial charge in [-0.2, -0.15) is 0 Å². The number of hydrogen-bond acceptors (Lipinski definition) is 5. The molecule has 28 heavy (non-hydrogen) atoms. The minimum absolute atomic E-state index is 0.00733. The van der Waals surface area contributed by atoms with Crippen molar-refractivity contribution < 1.29 is 19.1 Å². The molecule has 8 nitrogen and oxygen atoms in total. The van der Waals surface area contributed by atoms with Crippen LogP contribution >= 0.6 is 0 Å². The third-order valence-electron chi connectivity index (χ3n) is 6.36. The molecule has 1 N–H and O–H groups in total. The fraction of sp³-hybridized carbons (Fsp3) is 0.850. The van der Waals surface area contributed by atoms with Gasteiger partial charge in [-0.25, -0.2) is 4.79 Å². The molecule has 3 rings (SSSR count). The standard InChI is InChI=1S/C20H34N4O4/c1-2-22-9-3-4-17(22)14-21-18(25)6-5-16-7-10-23(11-8-16)19(26)15-24-12-13-28-20(24)27/h16-17H,2-15H2,1H3,(H,21,25)/t17-/m1/s1. The van der Waals surface area contributed by atoms with Gasteiger partial charge in [0.2, 0.25) is 11.8 Å². The zero-order chi connectivity index (χ0) is 19.9. The van der Waals surface area contributed by atoms with Crippen LogP contribution in [0.1, 0.15) is 45.4 Å². The first kappa shape index (κ1) is 20.9. The van der Waals surface area contributed by atoms with Gasteiger partial charge in [-0.1, -0.05) is 6.92 Å². The lowest BCUT2D eigenvalue weighted by molar-refractivity contribution is -0.133. The highest BCUT2D eigenvalue weighted by molar-refractivity contribution is 5.83. The van der Waals surface area contributed by atoms with E-state index >= 15 is 0 Å². The maximum atomic E-state index is 12.3. The maximum Gasteiger partial charge on any atom is 0.410 e. The van der Waals surface area contributed by atoms with Gasteiger partial charge in [0.25, 0.3) is 0 Å². The Morgan fingerprint density at radius 1 is 1.14 bits per heavy atom. The third kappa shape index (κ3) is 5.59. The SMILES string of the molecule is CCN1CCC[C@@H]1CNC(=O)CCC1CCN(C(=O)CN2CCOC2=O)CC1. The highest BCUT2D eigenvalue weighted by Crippen LogP contribution is 2.22. The molecular formula is C20H34N4O4. The van der Waals surface area contributed by atoms with Crippen molar-refractivity contribution in [3.63, 3.8) is 0 Å². The third-order valence-corrected chi connectivity index (χ3v) is 6.36. The summed E-state index contributed by atoms with van der Waals surface area (Å²) >= 11 is 0. The minimum Gasteiger partial charge on any atom is -0.448 e. The highest BCUT2D eigenvalue weighted by Gasteiger charge is 2.29. The Hall–Kier alpha value is -1.83. The van der Waals surface area contributed by atoms with E-state index in [0.29, 0.717) is 44.6 Å². The Morgan fingerprint density at radius 3 is 2.61 bits per heavy atom. The topological polar surface area (TPSA) is 82.2 Å². The summed E-state index contributed by atoms with van der Waals surface area (Å²) in [5, 5.41) is 3.11. The van der Waals surface area contributed by atoms with Gasteiger partial charge in [0.05, 0.1) is 6.54 Å². The quantitative estimate of drug-likeness (QED) is 0.666. The molecule has 0 saturated carbocycles. The van der Waals surface area contributed by atoms with E-state index in [-0.39, 0.29) is 18.4 Å². The lowest BCUT2D eigenvalue weighted by Gasteiger charge is -2.32. The first-order valence-electron chi connectivity index (χ1n) is 10.8. The number of ether oxygens (including phenoxy) is 1. The summed E-state index contributed by atoms with van der Waals surface area (Å²) in [5.74, 6) is 0.631. The average molecular weight is 395 g/mol. The first-order chi connectivity index (χ1) is 13.6. The van der Waals surface area contributed by atoms with Gasteiger partial charge in [-0.3, -0.25) is 19.4 Å². The lowest BCUT2D eigenvalue weighted by Crippen LogP contribution is -2.44. The molecule has 0 aromatic heterocycles. The average Bonchev–Trinajstić information content (AvgIpc) is 3.33. The largest absolute Gasteiger partial charge is 0.448 e. The molecule has 0 aliphatic carbocycles. The van der Waals surface area contributed by atoms with Gasteiger partial charge >= 0.3 is 6.09 Å². The van der Waals surface area contributed by atoms with Crippen LogP contribution in [0, 0.1) is 5.92 Å². The Kier molecular flexibility index (Phi) is 7.53. The van der Waals surface area contributed by atoms with E-state index in [0.717, 1.165) is 38.9 Å². The van der Waals surface area contributed by atoms with Crippen LogP contribution in [0.15, 0.2) is 0 Å². The van der Waals surface area contributed by atoms with E-state index < -0.39 is 6.09 Å². The van der Waals surface area contributed by atoms with Gasteiger partial charge in [0, 0.05) is 32.1 Å². The smallest absolute Gasteiger partial charge is 0.410 e. The van der Waals surface area contributed by atoms with Crippen molar-refractivity contribution in [2.45, 2.75) is 51.5 Å². The van der Waals surface area contributed by atoms with Crippen molar-refractivity contribution in [3.8, 4) is 0 Å².